The molecular formula is C25H21BrN2O4. The maximum Gasteiger partial charge on any atom is 0.338 e. The maximum atomic E-state index is 12.4. The fourth-order valence-electron chi connectivity index (χ4n) is 2.85. The van der Waals surface area contributed by atoms with Crippen molar-refractivity contribution in [2.75, 3.05) is 5.32 Å². The molecule has 0 aliphatic carbocycles. The van der Waals surface area contributed by atoms with Crippen molar-refractivity contribution in [3.8, 4) is 11.8 Å². The van der Waals surface area contributed by atoms with Crippen LogP contribution in [0.2, 0.25) is 0 Å². The zero-order chi connectivity index (χ0) is 23.1. The minimum absolute atomic E-state index is 0.236. The van der Waals surface area contributed by atoms with E-state index in [9.17, 15) is 9.59 Å². The van der Waals surface area contributed by atoms with E-state index in [1.165, 1.54) is 6.92 Å². The predicted molar refractivity (Wildman–Crippen MR) is 124 cm³/mol. The van der Waals surface area contributed by atoms with Crippen molar-refractivity contribution >= 4 is 33.5 Å². The van der Waals surface area contributed by atoms with Gasteiger partial charge in [0.2, 0.25) is 0 Å². The number of benzene rings is 3. The van der Waals surface area contributed by atoms with Gasteiger partial charge in [0.25, 0.3) is 5.91 Å². The smallest absolute Gasteiger partial charge is 0.338 e. The highest BCUT2D eigenvalue weighted by Crippen LogP contribution is 2.21. The van der Waals surface area contributed by atoms with Gasteiger partial charge in [0.05, 0.1) is 17.2 Å². The van der Waals surface area contributed by atoms with Gasteiger partial charge in [-0.1, -0.05) is 34.1 Å². The molecular weight excluding hydrogens is 472 g/mol. The van der Waals surface area contributed by atoms with Gasteiger partial charge >= 0.3 is 5.97 Å². The number of esters is 1. The molecule has 0 radical (unpaired) electrons. The molecule has 3 aromatic rings. The van der Waals surface area contributed by atoms with Gasteiger partial charge in [-0.25, -0.2) is 4.79 Å². The van der Waals surface area contributed by atoms with Gasteiger partial charge in [-0.05, 0) is 67.9 Å². The summed E-state index contributed by atoms with van der Waals surface area (Å²) in [5.74, 6) is -0.483. The summed E-state index contributed by atoms with van der Waals surface area (Å²) in [6.45, 7) is 3.67. The lowest BCUT2D eigenvalue weighted by atomic mass is 10.1. The minimum atomic E-state index is -0.968. The Bertz CT molecular complexity index is 1170. The quantitative estimate of drug-likeness (QED) is 0.446. The fourth-order valence-corrected chi connectivity index (χ4v) is 3.10. The first kappa shape index (κ1) is 23.0. The van der Waals surface area contributed by atoms with Crippen LogP contribution in [-0.4, -0.2) is 18.0 Å². The van der Waals surface area contributed by atoms with E-state index in [0.717, 1.165) is 15.6 Å². The summed E-state index contributed by atoms with van der Waals surface area (Å²) in [6, 6.07) is 21.2. The third-order valence-corrected chi connectivity index (χ3v) is 5.59. The van der Waals surface area contributed by atoms with E-state index < -0.39 is 18.0 Å². The Morgan fingerprint density at radius 2 is 1.81 bits per heavy atom. The topological polar surface area (TPSA) is 88.4 Å². The van der Waals surface area contributed by atoms with Crippen LogP contribution in [0, 0.1) is 18.3 Å². The molecule has 6 nitrogen and oxygen atoms in total. The number of carbonyl (C=O) groups is 2. The first-order valence-electron chi connectivity index (χ1n) is 9.86. The van der Waals surface area contributed by atoms with Gasteiger partial charge in [0.15, 0.2) is 6.10 Å². The van der Waals surface area contributed by atoms with Crippen LogP contribution < -0.4 is 10.1 Å². The maximum absolute atomic E-state index is 12.4. The third kappa shape index (κ3) is 5.96. The number of nitrogens with one attached hydrogen (secondary N) is 1. The van der Waals surface area contributed by atoms with Gasteiger partial charge in [0.1, 0.15) is 12.4 Å². The zero-order valence-electron chi connectivity index (χ0n) is 17.6. The van der Waals surface area contributed by atoms with Crippen LogP contribution in [0.15, 0.2) is 71.2 Å². The third-order valence-electron chi connectivity index (χ3n) is 4.70. The minimum Gasteiger partial charge on any atom is -0.489 e. The summed E-state index contributed by atoms with van der Waals surface area (Å²) in [6.07, 6.45) is -0.968. The average molecular weight is 493 g/mol. The molecule has 3 rings (SSSR count). The highest BCUT2D eigenvalue weighted by molar-refractivity contribution is 9.10. The van der Waals surface area contributed by atoms with Gasteiger partial charge in [-0.15, -0.1) is 0 Å². The molecule has 1 atom stereocenters. The SMILES string of the molecule is Cc1cc(NC(=O)C(C)OC(=O)c2ccc(OCc3ccccc3C#N)cc2)ccc1Br. The Morgan fingerprint density at radius 3 is 2.50 bits per heavy atom. The number of hydrogen-bond acceptors (Lipinski definition) is 5. The number of aryl methyl sites for hydroxylation is 1. The molecule has 162 valence electrons. The summed E-state index contributed by atoms with van der Waals surface area (Å²) >= 11 is 3.41. The Labute approximate surface area is 194 Å². The molecule has 1 unspecified atom stereocenters. The second-order valence-electron chi connectivity index (χ2n) is 7.08. The molecule has 0 aromatic heterocycles. The van der Waals surface area contributed by atoms with Gasteiger partial charge < -0.3 is 14.8 Å². The van der Waals surface area contributed by atoms with Crippen LogP contribution in [0.1, 0.15) is 34.0 Å². The molecule has 1 amide bonds. The Hall–Kier alpha value is -3.63. The standard InChI is InChI=1S/C25H21BrN2O4/c1-16-13-21(9-12-23(16)26)28-24(29)17(2)32-25(30)18-7-10-22(11-8-18)31-15-20-6-4-3-5-19(20)14-27/h3-13,17H,15H2,1-2H3,(H,28,29). The number of hydrogen-bond donors (Lipinski definition) is 1. The Morgan fingerprint density at radius 1 is 1.09 bits per heavy atom. The van der Waals surface area contributed by atoms with Crippen molar-refractivity contribution in [1.29, 1.82) is 5.26 Å². The van der Waals surface area contributed by atoms with Crippen LogP contribution in [0.4, 0.5) is 5.69 Å². The molecule has 0 spiro atoms. The van der Waals surface area contributed by atoms with Crippen LogP contribution in [-0.2, 0) is 16.1 Å². The van der Waals surface area contributed by atoms with Crippen molar-refractivity contribution in [3.63, 3.8) is 0 Å². The van der Waals surface area contributed by atoms with Gasteiger partial charge in [-0.2, -0.15) is 5.26 Å². The number of nitriles is 1. The number of nitrogens with zero attached hydrogens (tertiary/aromatic N) is 1. The van der Waals surface area contributed by atoms with Crippen molar-refractivity contribution in [2.45, 2.75) is 26.6 Å². The fraction of sp³-hybridized carbons (Fsp3) is 0.160. The largest absolute Gasteiger partial charge is 0.489 e. The van der Waals surface area contributed by atoms with E-state index in [1.807, 2.05) is 31.2 Å². The van der Waals surface area contributed by atoms with Crippen molar-refractivity contribution < 1.29 is 19.1 Å². The van der Waals surface area contributed by atoms with Crippen LogP contribution in [0.25, 0.3) is 0 Å². The molecule has 0 fully saturated rings. The molecule has 0 bridgehead atoms. The van der Waals surface area contributed by atoms with Gasteiger partial charge in [-0.3, -0.25) is 4.79 Å². The monoisotopic (exact) mass is 492 g/mol. The zero-order valence-corrected chi connectivity index (χ0v) is 19.2. The summed E-state index contributed by atoms with van der Waals surface area (Å²) in [5.41, 5.74) is 3.23. The van der Waals surface area contributed by atoms with E-state index >= 15 is 0 Å². The lowest BCUT2D eigenvalue weighted by Crippen LogP contribution is -2.30. The van der Waals surface area contributed by atoms with Crippen LogP contribution >= 0.6 is 15.9 Å². The Balaban J connectivity index is 1.55. The number of rotatable bonds is 7. The van der Waals surface area contributed by atoms with Crippen LogP contribution in [0.5, 0.6) is 5.75 Å². The molecule has 3 aromatic carbocycles. The number of ether oxygens (including phenoxy) is 2. The molecule has 0 aliphatic heterocycles. The molecule has 0 saturated carbocycles. The molecule has 7 heteroatoms. The predicted octanol–water partition coefficient (Wildman–Crippen LogP) is 5.39. The molecule has 1 N–H and O–H groups in total. The van der Waals surface area contributed by atoms with Crippen LogP contribution in [0.3, 0.4) is 0 Å². The van der Waals surface area contributed by atoms with E-state index in [0.29, 0.717) is 22.6 Å². The van der Waals surface area contributed by atoms with Gasteiger partial charge in [0, 0.05) is 15.7 Å². The number of halogens is 1. The van der Waals surface area contributed by atoms with E-state index in [4.69, 9.17) is 14.7 Å². The summed E-state index contributed by atoms with van der Waals surface area (Å²) < 4.78 is 11.9. The summed E-state index contributed by atoms with van der Waals surface area (Å²) in [4.78, 5) is 24.8. The lowest BCUT2D eigenvalue weighted by molar-refractivity contribution is -0.123. The summed E-state index contributed by atoms with van der Waals surface area (Å²) in [7, 11) is 0. The summed E-state index contributed by atoms with van der Waals surface area (Å²) in [5, 5.41) is 11.9. The number of carbonyl (C=O) groups excluding carboxylic acids is 2. The highest BCUT2D eigenvalue weighted by atomic mass is 79.9. The average Bonchev–Trinajstić information content (AvgIpc) is 2.80. The van der Waals surface area contributed by atoms with Crippen molar-refractivity contribution in [1.82, 2.24) is 0 Å². The van der Waals surface area contributed by atoms with E-state index in [-0.39, 0.29) is 6.61 Å². The molecule has 0 saturated heterocycles. The number of anilines is 1. The highest BCUT2D eigenvalue weighted by Gasteiger charge is 2.19. The van der Waals surface area contributed by atoms with E-state index in [2.05, 4.69) is 27.3 Å². The van der Waals surface area contributed by atoms with E-state index in [1.54, 1.807) is 42.5 Å². The Kier molecular flexibility index (Phi) is 7.63. The number of amides is 1. The first-order valence-corrected chi connectivity index (χ1v) is 10.7. The first-order chi connectivity index (χ1) is 15.4. The van der Waals surface area contributed by atoms with Crippen molar-refractivity contribution in [3.05, 3.63) is 93.5 Å². The molecule has 0 heterocycles. The second-order valence-corrected chi connectivity index (χ2v) is 7.94. The molecule has 0 aliphatic rings. The molecule has 32 heavy (non-hydrogen) atoms. The lowest BCUT2D eigenvalue weighted by Gasteiger charge is -2.14. The second kappa shape index (κ2) is 10.6. The normalized spacial score (nSPS) is 11.2. The van der Waals surface area contributed by atoms with Crippen molar-refractivity contribution in [2.24, 2.45) is 0 Å².